The highest BCUT2D eigenvalue weighted by Crippen LogP contribution is 2.24. The summed E-state index contributed by atoms with van der Waals surface area (Å²) in [7, 11) is 0. The van der Waals surface area contributed by atoms with Crippen LogP contribution in [-0.4, -0.2) is 12.1 Å². The smallest absolute Gasteiger partial charge is 0.244 e. The molecule has 1 heterocycles. The maximum Gasteiger partial charge on any atom is 0.244 e. The number of nitriles is 1. The molecule has 0 atom stereocenters. The van der Waals surface area contributed by atoms with Crippen molar-refractivity contribution >= 4 is 12.1 Å². The molecule has 0 bridgehead atoms. The Kier molecular flexibility index (Phi) is 5.03. The number of amides is 1. The van der Waals surface area contributed by atoms with Crippen LogP contribution >= 0.6 is 0 Å². The first kappa shape index (κ1) is 16.2. The van der Waals surface area contributed by atoms with E-state index in [0.717, 1.165) is 11.1 Å². The van der Waals surface area contributed by atoms with E-state index in [1.54, 1.807) is 24.3 Å². The molecule has 25 heavy (non-hydrogen) atoms. The molecule has 3 aromatic rings. The van der Waals surface area contributed by atoms with Crippen LogP contribution in [0.4, 0.5) is 0 Å². The predicted molar refractivity (Wildman–Crippen MR) is 94.7 cm³/mol. The lowest BCUT2D eigenvalue weighted by Gasteiger charge is -2.00. The molecule has 1 N–H and O–H groups in total. The van der Waals surface area contributed by atoms with Gasteiger partial charge in [0.1, 0.15) is 11.5 Å². The van der Waals surface area contributed by atoms with E-state index in [9.17, 15) is 4.79 Å². The maximum absolute atomic E-state index is 11.8. The van der Waals surface area contributed by atoms with Gasteiger partial charge >= 0.3 is 0 Å². The number of hydrazone groups is 1. The summed E-state index contributed by atoms with van der Waals surface area (Å²) in [5.74, 6) is 0.862. The van der Waals surface area contributed by atoms with Gasteiger partial charge in [-0.3, -0.25) is 4.79 Å². The SMILES string of the molecule is N#Cc1ccccc1-c1ccc(C=NNC(=O)Cc2ccccc2)o1. The van der Waals surface area contributed by atoms with Gasteiger partial charge in [0.2, 0.25) is 5.91 Å². The molecule has 0 saturated heterocycles. The molecular weight excluding hydrogens is 314 g/mol. The summed E-state index contributed by atoms with van der Waals surface area (Å²) in [4.78, 5) is 11.8. The van der Waals surface area contributed by atoms with Crippen LogP contribution in [-0.2, 0) is 11.2 Å². The first-order valence-electron chi connectivity index (χ1n) is 7.71. The zero-order valence-corrected chi connectivity index (χ0v) is 13.3. The number of nitrogens with one attached hydrogen (secondary N) is 1. The molecule has 0 aliphatic rings. The van der Waals surface area contributed by atoms with Crippen molar-refractivity contribution in [2.75, 3.05) is 0 Å². The Morgan fingerprint density at radius 3 is 2.64 bits per heavy atom. The summed E-state index contributed by atoms with van der Waals surface area (Å²) in [5, 5.41) is 13.0. The highest BCUT2D eigenvalue weighted by Gasteiger charge is 2.08. The van der Waals surface area contributed by atoms with Crippen molar-refractivity contribution in [3.05, 3.63) is 83.6 Å². The number of hydrogen-bond donors (Lipinski definition) is 1. The number of carbonyl (C=O) groups excluding carboxylic acids is 1. The second-order valence-corrected chi connectivity index (χ2v) is 5.31. The molecule has 0 fully saturated rings. The molecule has 122 valence electrons. The monoisotopic (exact) mass is 329 g/mol. The molecule has 2 aromatic carbocycles. The standard InChI is InChI=1S/C20H15N3O2/c21-13-16-8-4-5-9-18(16)19-11-10-17(25-19)14-22-23-20(24)12-15-6-2-1-3-7-15/h1-11,14H,12H2,(H,23,24). The molecule has 0 saturated carbocycles. The Morgan fingerprint density at radius 2 is 1.84 bits per heavy atom. The molecule has 1 amide bonds. The number of rotatable bonds is 5. The Morgan fingerprint density at radius 1 is 1.08 bits per heavy atom. The Balaban J connectivity index is 1.62. The topological polar surface area (TPSA) is 78.4 Å². The third-order valence-electron chi connectivity index (χ3n) is 3.53. The Hall–Kier alpha value is -3.65. The van der Waals surface area contributed by atoms with Crippen molar-refractivity contribution in [1.82, 2.24) is 5.43 Å². The number of furan rings is 1. The average molecular weight is 329 g/mol. The molecule has 5 heteroatoms. The van der Waals surface area contributed by atoms with Crippen LogP contribution in [0.1, 0.15) is 16.9 Å². The molecule has 3 rings (SSSR count). The van der Waals surface area contributed by atoms with Crippen LogP contribution in [0.15, 0.2) is 76.2 Å². The van der Waals surface area contributed by atoms with Crippen molar-refractivity contribution < 1.29 is 9.21 Å². The molecule has 1 aromatic heterocycles. The van der Waals surface area contributed by atoms with Crippen molar-refractivity contribution in [2.45, 2.75) is 6.42 Å². The van der Waals surface area contributed by atoms with Gasteiger partial charge in [0.05, 0.1) is 24.3 Å². The minimum Gasteiger partial charge on any atom is -0.455 e. The average Bonchev–Trinajstić information content (AvgIpc) is 3.11. The minimum atomic E-state index is -0.205. The molecule has 0 radical (unpaired) electrons. The summed E-state index contributed by atoms with van der Waals surface area (Å²) >= 11 is 0. The number of carbonyl (C=O) groups is 1. The third-order valence-corrected chi connectivity index (χ3v) is 3.53. The first-order valence-corrected chi connectivity index (χ1v) is 7.71. The van der Waals surface area contributed by atoms with Crippen LogP contribution in [0.25, 0.3) is 11.3 Å². The van der Waals surface area contributed by atoms with Crippen molar-refractivity contribution in [3.63, 3.8) is 0 Å². The fourth-order valence-corrected chi connectivity index (χ4v) is 2.35. The summed E-state index contributed by atoms with van der Waals surface area (Å²) in [6, 6.07) is 22.3. The van der Waals surface area contributed by atoms with Crippen molar-refractivity contribution in [1.29, 1.82) is 5.26 Å². The molecular formula is C20H15N3O2. The van der Waals surface area contributed by atoms with Gasteiger partial charge < -0.3 is 4.42 Å². The van der Waals surface area contributed by atoms with Crippen LogP contribution in [0, 0.1) is 11.3 Å². The zero-order chi connectivity index (χ0) is 17.5. The lowest BCUT2D eigenvalue weighted by molar-refractivity contribution is -0.120. The van der Waals surface area contributed by atoms with Gasteiger partial charge in [0.25, 0.3) is 0 Å². The molecule has 0 aliphatic carbocycles. The van der Waals surface area contributed by atoms with E-state index >= 15 is 0 Å². The van der Waals surface area contributed by atoms with Crippen molar-refractivity contribution in [3.8, 4) is 17.4 Å². The zero-order valence-electron chi connectivity index (χ0n) is 13.3. The van der Waals surface area contributed by atoms with E-state index in [-0.39, 0.29) is 12.3 Å². The van der Waals surface area contributed by atoms with Gasteiger partial charge in [-0.1, -0.05) is 42.5 Å². The molecule has 5 nitrogen and oxygen atoms in total. The van der Waals surface area contributed by atoms with Gasteiger partial charge in [0, 0.05) is 5.56 Å². The summed E-state index contributed by atoms with van der Waals surface area (Å²) in [5.41, 5.74) is 4.65. The molecule has 0 spiro atoms. The number of nitrogens with zero attached hydrogens (tertiary/aromatic N) is 2. The first-order chi connectivity index (χ1) is 12.3. The number of hydrogen-bond acceptors (Lipinski definition) is 4. The van der Waals surface area contributed by atoms with E-state index in [1.807, 2.05) is 42.5 Å². The summed E-state index contributed by atoms with van der Waals surface area (Å²) in [6.07, 6.45) is 1.69. The van der Waals surface area contributed by atoms with Crippen LogP contribution in [0.2, 0.25) is 0 Å². The van der Waals surface area contributed by atoms with Gasteiger partial charge in [0.15, 0.2) is 0 Å². The third kappa shape index (κ3) is 4.21. The lowest BCUT2D eigenvalue weighted by atomic mass is 10.1. The Labute approximate surface area is 145 Å². The van der Waals surface area contributed by atoms with E-state index in [4.69, 9.17) is 9.68 Å². The van der Waals surface area contributed by atoms with Gasteiger partial charge in [-0.25, -0.2) is 5.43 Å². The van der Waals surface area contributed by atoms with E-state index < -0.39 is 0 Å². The van der Waals surface area contributed by atoms with Crippen molar-refractivity contribution in [2.24, 2.45) is 5.10 Å². The second-order valence-electron chi connectivity index (χ2n) is 5.31. The summed E-state index contributed by atoms with van der Waals surface area (Å²) in [6.45, 7) is 0. The second kappa shape index (κ2) is 7.75. The fraction of sp³-hybridized carbons (Fsp3) is 0.0500. The number of benzene rings is 2. The van der Waals surface area contributed by atoms with Gasteiger partial charge in [-0.05, 0) is 29.8 Å². The predicted octanol–water partition coefficient (Wildman–Crippen LogP) is 3.51. The summed E-state index contributed by atoms with van der Waals surface area (Å²) < 4.78 is 5.66. The maximum atomic E-state index is 11.8. The quantitative estimate of drug-likeness (QED) is 0.574. The fourth-order valence-electron chi connectivity index (χ4n) is 2.35. The molecule has 0 aliphatic heterocycles. The molecule has 0 unspecified atom stereocenters. The van der Waals surface area contributed by atoms with Crippen LogP contribution in [0.3, 0.4) is 0 Å². The van der Waals surface area contributed by atoms with Crippen LogP contribution < -0.4 is 5.43 Å². The van der Waals surface area contributed by atoms with E-state index in [0.29, 0.717) is 17.1 Å². The Bertz CT molecular complexity index is 937. The highest BCUT2D eigenvalue weighted by atomic mass is 16.3. The van der Waals surface area contributed by atoms with Gasteiger partial charge in [-0.15, -0.1) is 0 Å². The normalized spacial score (nSPS) is 10.5. The lowest BCUT2D eigenvalue weighted by Crippen LogP contribution is -2.19. The minimum absolute atomic E-state index is 0.205. The largest absolute Gasteiger partial charge is 0.455 e. The highest BCUT2D eigenvalue weighted by molar-refractivity contribution is 5.82. The van der Waals surface area contributed by atoms with E-state index in [1.165, 1.54) is 6.21 Å². The van der Waals surface area contributed by atoms with E-state index in [2.05, 4.69) is 16.6 Å². The van der Waals surface area contributed by atoms with Crippen LogP contribution in [0.5, 0.6) is 0 Å². The van der Waals surface area contributed by atoms with Gasteiger partial charge in [-0.2, -0.15) is 10.4 Å².